The summed E-state index contributed by atoms with van der Waals surface area (Å²) in [6, 6.07) is 12.9. The smallest absolute Gasteiger partial charge is 0.0801 e. The minimum Gasteiger partial charge on any atom is -0.308 e. The van der Waals surface area contributed by atoms with E-state index in [9.17, 15) is 0 Å². The Morgan fingerprint density at radius 3 is 2.74 bits per heavy atom. The number of rotatable bonds is 6. The summed E-state index contributed by atoms with van der Waals surface area (Å²) in [5, 5.41) is 8.39. The molecule has 1 saturated carbocycles. The summed E-state index contributed by atoms with van der Waals surface area (Å²) >= 11 is 0. The number of aromatic nitrogens is 2. The molecule has 0 amide bonds. The molecule has 0 radical (unpaired) electrons. The predicted octanol–water partition coefficient (Wildman–Crippen LogP) is 3.32. The number of hydrogen-bond donors (Lipinski definition) is 1. The Morgan fingerprint density at radius 1 is 1.26 bits per heavy atom. The van der Waals surface area contributed by atoms with E-state index < -0.39 is 0 Å². The topological polar surface area (TPSA) is 29.9 Å². The predicted molar refractivity (Wildman–Crippen MR) is 77.3 cm³/mol. The molecule has 0 saturated heterocycles. The van der Waals surface area contributed by atoms with Crippen LogP contribution in [0.25, 0.3) is 5.69 Å². The summed E-state index contributed by atoms with van der Waals surface area (Å²) in [4.78, 5) is 0. The third kappa shape index (κ3) is 2.87. The zero-order chi connectivity index (χ0) is 13.1. The van der Waals surface area contributed by atoms with Gasteiger partial charge in [-0.1, -0.05) is 25.1 Å². The third-order valence-corrected chi connectivity index (χ3v) is 3.66. The molecular weight excluding hydrogens is 234 g/mol. The van der Waals surface area contributed by atoms with Crippen LogP contribution >= 0.6 is 0 Å². The fourth-order valence-electron chi connectivity index (χ4n) is 2.47. The van der Waals surface area contributed by atoms with Crippen molar-refractivity contribution in [2.75, 3.05) is 6.54 Å². The van der Waals surface area contributed by atoms with E-state index in [1.807, 2.05) is 22.9 Å². The molecule has 0 bridgehead atoms. The average Bonchev–Trinajstić information content (AvgIpc) is 3.17. The number of hydrogen-bond acceptors (Lipinski definition) is 2. The van der Waals surface area contributed by atoms with Crippen LogP contribution < -0.4 is 5.32 Å². The fourth-order valence-corrected chi connectivity index (χ4v) is 2.47. The van der Waals surface area contributed by atoms with E-state index in [1.165, 1.54) is 25.0 Å². The van der Waals surface area contributed by atoms with Crippen LogP contribution in [0.15, 0.2) is 42.6 Å². The third-order valence-electron chi connectivity index (χ3n) is 3.66. The van der Waals surface area contributed by atoms with Gasteiger partial charge in [-0.3, -0.25) is 0 Å². The van der Waals surface area contributed by atoms with Crippen molar-refractivity contribution in [1.29, 1.82) is 0 Å². The van der Waals surface area contributed by atoms with Gasteiger partial charge >= 0.3 is 0 Å². The van der Waals surface area contributed by atoms with Crippen LogP contribution in [-0.2, 0) is 0 Å². The summed E-state index contributed by atoms with van der Waals surface area (Å²) in [6.07, 6.45) is 5.90. The van der Waals surface area contributed by atoms with Crippen LogP contribution in [0.2, 0.25) is 0 Å². The van der Waals surface area contributed by atoms with Crippen molar-refractivity contribution < 1.29 is 0 Å². The second-order valence-corrected chi connectivity index (χ2v) is 5.29. The molecule has 1 aliphatic carbocycles. The molecule has 1 heterocycles. The molecule has 19 heavy (non-hydrogen) atoms. The van der Waals surface area contributed by atoms with Crippen LogP contribution in [0.5, 0.6) is 0 Å². The maximum absolute atomic E-state index is 4.75. The zero-order valence-corrected chi connectivity index (χ0v) is 11.4. The molecule has 100 valence electrons. The molecule has 1 aromatic heterocycles. The standard InChI is InChI=1S/C16H21N3/c1-2-11-17-16(13-8-9-13)15-10-12-19(18-15)14-6-4-3-5-7-14/h3-7,10,12-13,16-17H,2,8-9,11H2,1H3. The van der Waals surface area contributed by atoms with Gasteiger partial charge in [0, 0.05) is 6.20 Å². The lowest BCUT2D eigenvalue weighted by molar-refractivity contribution is 0.468. The molecule has 1 aromatic carbocycles. The molecule has 3 heteroatoms. The lowest BCUT2D eigenvalue weighted by atomic mass is 10.1. The van der Waals surface area contributed by atoms with Gasteiger partial charge in [0.25, 0.3) is 0 Å². The Balaban J connectivity index is 1.79. The van der Waals surface area contributed by atoms with Crippen LogP contribution in [-0.4, -0.2) is 16.3 Å². The molecular formula is C16H21N3. The van der Waals surface area contributed by atoms with E-state index in [0.717, 1.165) is 18.2 Å². The number of para-hydroxylation sites is 1. The zero-order valence-electron chi connectivity index (χ0n) is 11.4. The lowest BCUT2D eigenvalue weighted by Crippen LogP contribution is -2.24. The quantitative estimate of drug-likeness (QED) is 0.858. The van der Waals surface area contributed by atoms with Crippen molar-refractivity contribution in [3.8, 4) is 5.69 Å². The first kappa shape index (κ1) is 12.4. The fraction of sp³-hybridized carbons (Fsp3) is 0.438. The molecule has 3 nitrogen and oxygen atoms in total. The van der Waals surface area contributed by atoms with Crippen LogP contribution in [0.4, 0.5) is 0 Å². The van der Waals surface area contributed by atoms with Gasteiger partial charge in [-0.05, 0) is 49.9 Å². The highest BCUT2D eigenvalue weighted by molar-refractivity contribution is 5.30. The number of nitrogens with zero attached hydrogens (tertiary/aromatic N) is 2. The van der Waals surface area contributed by atoms with Gasteiger partial charge in [-0.25, -0.2) is 4.68 Å². The average molecular weight is 255 g/mol. The highest BCUT2D eigenvalue weighted by Gasteiger charge is 2.33. The molecule has 3 rings (SSSR count). The molecule has 1 unspecified atom stereocenters. The summed E-state index contributed by atoms with van der Waals surface area (Å²) in [5.41, 5.74) is 2.30. The van der Waals surface area contributed by atoms with Gasteiger partial charge in [0.1, 0.15) is 0 Å². The first-order valence-corrected chi connectivity index (χ1v) is 7.23. The molecule has 1 atom stereocenters. The second-order valence-electron chi connectivity index (χ2n) is 5.29. The molecule has 1 fully saturated rings. The number of benzene rings is 1. The maximum Gasteiger partial charge on any atom is 0.0801 e. The van der Waals surface area contributed by atoms with Gasteiger partial charge in [0.15, 0.2) is 0 Å². The van der Waals surface area contributed by atoms with Crippen molar-refractivity contribution in [2.45, 2.75) is 32.2 Å². The molecule has 0 aliphatic heterocycles. The Hall–Kier alpha value is -1.61. The summed E-state index contributed by atoms with van der Waals surface area (Å²) in [7, 11) is 0. The minimum atomic E-state index is 0.435. The van der Waals surface area contributed by atoms with E-state index in [1.54, 1.807) is 0 Å². The van der Waals surface area contributed by atoms with Gasteiger partial charge in [-0.2, -0.15) is 5.10 Å². The monoisotopic (exact) mass is 255 g/mol. The van der Waals surface area contributed by atoms with Gasteiger partial charge < -0.3 is 5.32 Å². The van der Waals surface area contributed by atoms with Crippen molar-refractivity contribution in [1.82, 2.24) is 15.1 Å². The summed E-state index contributed by atoms with van der Waals surface area (Å²) in [5.74, 6) is 0.783. The minimum absolute atomic E-state index is 0.435. The lowest BCUT2D eigenvalue weighted by Gasteiger charge is -2.15. The van der Waals surface area contributed by atoms with Crippen LogP contribution in [0.3, 0.4) is 0 Å². The van der Waals surface area contributed by atoms with E-state index in [4.69, 9.17) is 5.10 Å². The van der Waals surface area contributed by atoms with E-state index in [0.29, 0.717) is 6.04 Å². The van der Waals surface area contributed by atoms with E-state index in [2.05, 4.69) is 36.6 Å². The first-order chi connectivity index (χ1) is 9.38. The van der Waals surface area contributed by atoms with Gasteiger partial charge in [0.2, 0.25) is 0 Å². The van der Waals surface area contributed by atoms with Crippen molar-refractivity contribution in [3.63, 3.8) is 0 Å². The van der Waals surface area contributed by atoms with E-state index >= 15 is 0 Å². The SMILES string of the molecule is CCCNC(c1ccn(-c2ccccc2)n1)C1CC1. The summed E-state index contributed by atoms with van der Waals surface area (Å²) in [6.45, 7) is 3.28. The van der Waals surface area contributed by atoms with Crippen molar-refractivity contribution in [3.05, 3.63) is 48.3 Å². The number of nitrogens with one attached hydrogen (secondary N) is 1. The Bertz CT molecular complexity index is 514. The Morgan fingerprint density at radius 2 is 2.05 bits per heavy atom. The van der Waals surface area contributed by atoms with Gasteiger partial charge in [-0.15, -0.1) is 0 Å². The Labute approximate surface area is 114 Å². The highest BCUT2D eigenvalue weighted by atomic mass is 15.3. The van der Waals surface area contributed by atoms with Gasteiger partial charge in [0.05, 0.1) is 17.4 Å². The molecule has 0 spiro atoms. The molecule has 2 aromatic rings. The highest BCUT2D eigenvalue weighted by Crippen LogP contribution is 2.40. The second kappa shape index (κ2) is 5.57. The Kier molecular flexibility index (Phi) is 3.65. The molecule has 1 N–H and O–H groups in total. The van der Waals surface area contributed by atoms with Crippen molar-refractivity contribution in [2.24, 2.45) is 5.92 Å². The molecule has 1 aliphatic rings. The largest absolute Gasteiger partial charge is 0.308 e. The van der Waals surface area contributed by atoms with E-state index in [-0.39, 0.29) is 0 Å². The van der Waals surface area contributed by atoms with Crippen LogP contribution in [0, 0.1) is 5.92 Å². The normalized spacial score (nSPS) is 16.5. The van der Waals surface area contributed by atoms with Crippen LogP contribution in [0.1, 0.15) is 37.9 Å². The first-order valence-electron chi connectivity index (χ1n) is 7.23. The maximum atomic E-state index is 4.75. The van der Waals surface area contributed by atoms with Crippen molar-refractivity contribution >= 4 is 0 Å². The summed E-state index contributed by atoms with van der Waals surface area (Å²) < 4.78 is 1.97.